The largest absolute Gasteiger partial charge is 0.471 e. The first-order valence-corrected chi connectivity index (χ1v) is 15.8. The Morgan fingerprint density at radius 3 is 2.24 bits per heavy atom. The van der Waals surface area contributed by atoms with E-state index in [-0.39, 0.29) is 40.2 Å². The number of amides is 1. The fraction of sp³-hybridized carbons (Fsp3) is 0.259. The van der Waals surface area contributed by atoms with Crippen LogP contribution in [0.4, 0.5) is 37.2 Å². The summed E-state index contributed by atoms with van der Waals surface area (Å²) in [5, 5.41) is 0.168. The molecule has 2 aromatic carbocycles. The Labute approximate surface area is 260 Å². The van der Waals surface area contributed by atoms with Gasteiger partial charge in [0.15, 0.2) is 15.8 Å². The highest BCUT2D eigenvalue weighted by molar-refractivity contribution is 7.92. The normalized spacial score (nSPS) is 18.4. The van der Waals surface area contributed by atoms with Crippen LogP contribution in [0.5, 0.6) is 0 Å². The highest BCUT2D eigenvalue weighted by atomic mass is 35.5. The van der Waals surface area contributed by atoms with Gasteiger partial charge in [0.25, 0.3) is 10.0 Å². The molecule has 2 bridgehead atoms. The fourth-order valence-electron chi connectivity index (χ4n) is 5.53. The molecule has 2 aromatic heterocycles. The van der Waals surface area contributed by atoms with Gasteiger partial charge in [-0.05, 0) is 54.8 Å². The zero-order chi connectivity index (χ0) is 32.3. The number of rotatable bonds is 6. The summed E-state index contributed by atoms with van der Waals surface area (Å²) >= 11 is 7.06. The molecule has 4 heterocycles. The second-order valence-corrected chi connectivity index (χ2v) is 13.1. The van der Waals surface area contributed by atoms with Gasteiger partial charge in [-0.25, -0.2) is 36.5 Å². The summed E-state index contributed by atoms with van der Waals surface area (Å²) in [4.78, 5) is 26.2. The summed E-state index contributed by atoms with van der Waals surface area (Å²) in [6.45, 7) is -0.396. The van der Waals surface area contributed by atoms with Gasteiger partial charge in [0, 0.05) is 36.9 Å². The second kappa shape index (κ2) is 11.4. The van der Waals surface area contributed by atoms with E-state index in [1.54, 1.807) is 4.90 Å². The van der Waals surface area contributed by atoms with Crippen LogP contribution >= 0.6 is 22.9 Å². The molecular formula is C27H19ClF6N6O3S2. The third kappa shape index (κ3) is 5.79. The van der Waals surface area contributed by atoms with Crippen molar-refractivity contribution in [3.05, 3.63) is 71.4 Å². The third-order valence-electron chi connectivity index (χ3n) is 7.39. The van der Waals surface area contributed by atoms with Crippen molar-refractivity contribution in [2.45, 2.75) is 36.0 Å². The molecule has 0 radical (unpaired) electrons. The number of nitrogens with zero attached hydrogens (tertiary/aromatic N) is 5. The molecule has 2 unspecified atom stereocenters. The Balaban J connectivity index is 1.41. The first kappa shape index (κ1) is 31.0. The number of alkyl halides is 3. The van der Waals surface area contributed by atoms with Crippen molar-refractivity contribution >= 4 is 49.7 Å². The van der Waals surface area contributed by atoms with Crippen molar-refractivity contribution in [3.8, 4) is 21.8 Å². The summed E-state index contributed by atoms with van der Waals surface area (Å²) in [5.74, 6) is -5.80. The molecule has 2 aliphatic heterocycles. The van der Waals surface area contributed by atoms with Crippen LogP contribution in [0, 0.1) is 17.5 Å². The molecule has 45 heavy (non-hydrogen) atoms. The number of thiazole rings is 1. The Kier molecular flexibility index (Phi) is 7.89. The van der Waals surface area contributed by atoms with Gasteiger partial charge in [-0.15, -0.1) is 0 Å². The topological polar surface area (TPSA) is 108 Å². The Hall–Kier alpha value is -3.96. The van der Waals surface area contributed by atoms with Crippen LogP contribution in [-0.4, -0.2) is 65.5 Å². The van der Waals surface area contributed by atoms with Crippen LogP contribution < -0.4 is 9.62 Å². The lowest BCUT2D eigenvalue weighted by atomic mass is 10.1. The van der Waals surface area contributed by atoms with Gasteiger partial charge in [0.1, 0.15) is 11.6 Å². The molecule has 9 nitrogen and oxygen atoms in total. The molecule has 236 valence electrons. The van der Waals surface area contributed by atoms with Gasteiger partial charge < -0.3 is 9.80 Å². The summed E-state index contributed by atoms with van der Waals surface area (Å²) < 4.78 is 112. The van der Waals surface area contributed by atoms with E-state index in [1.807, 2.05) is 4.72 Å². The molecule has 6 rings (SSSR count). The summed E-state index contributed by atoms with van der Waals surface area (Å²) in [6, 6.07) is 6.59. The maximum absolute atomic E-state index is 16.1. The maximum Gasteiger partial charge on any atom is 0.471 e. The Morgan fingerprint density at radius 2 is 1.62 bits per heavy atom. The van der Waals surface area contributed by atoms with E-state index in [1.165, 1.54) is 24.4 Å². The lowest BCUT2D eigenvalue weighted by molar-refractivity contribution is -0.186. The van der Waals surface area contributed by atoms with Gasteiger partial charge in [0.2, 0.25) is 5.28 Å². The van der Waals surface area contributed by atoms with Gasteiger partial charge in [-0.3, -0.25) is 9.52 Å². The number of aromatic nitrogens is 3. The molecule has 4 aromatic rings. The lowest BCUT2D eigenvalue weighted by Crippen LogP contribution is -2.57. The highest BCUT2D eigenvalue weighted by Gasteiger charge is 2.49. The van der Waals surface area contributed by atoms with Crippen LogP contribution in [0.15, 0.2) is 53.6 Å². The zero-order valence-electron chi connectivity index (χ0n) is 22.5. The first-order chi connectivity index (χ1) is 21.2. The van der Waals surface area contributed by atoms with E-state index < -0.39 is 62.2 Å². The van der Waals surface area contributed by atoms with Crippen molar-refractivity contribution in [2.24, 2.45) is 0 Å². The molecule has 0 aliphatic carbocycles. The predicted octanol–water partition coefficient (Wildman–Crippen LogP) is 5.88. The van der Waals surface area contributed by atoms with Gasteiger partial charge in [-0.2, -0.15) is 13.2 Å². The third-order valence-corrected chi connectivity index (χ3v) is 10.1. The minimum Gasteiger partial charge on any atom is -0.339 e. The minimum absolute atomic E-state index is 0.00594. The monoisotopic (exact) mass is 688 g/mol. The molecule has 18 heteroatoms. The number of piperazine rings is 1. The number of hydrogen-bond acceptors (Lipinski definition) is 8. The van der Waals surface area contributed by atoms with Crippen molar-refractivity contribution in [2.75, 3.05) is 22.7 Å². The number of nitrogens with one attached hydrogen (secondary N) is 1. The molecular weight excluding hydrogens is 670 g/mol. The summed E-state index contributed by atoms with van der Waals surface area (Å²) in [7, 11) is -4.92. The number of hydrogen-bond donors (Lipinski definition) is 1. The molecule has 1 amide bonds. The van der Waals surface area contributed by atoms with Crippen LogP contribution in [0.25, 0.3) is 21.8 Å². The van der Waals surface area contributed by atoms with Gasteiger partial charge in [0.05, 0.1) is 22.0 Å². The van der Waals surface area contributed by atoms with E-state index >= 15 is 4.39 Å². The van der Waals surface area contributed by atoms with Crippen molar-refractivity contribution in [1.29, 1.82) is 0 Å². The Bertz CT molecular complexity index is 1890. The molecule has 2 saturated heterocycles. The van der Waals surface area contributed by atoms with E-state index in [9.17, 15) is 35.2 Å². The molecule has 2 atom stereocenters. The SMILES string of the molecule is O=C(N1CC2CCC(C1)N2c1nc(-c2cccc(NS(=O)(=O)c3c(F)cccc3F)c2F)c(-c2ccnc(Cl)n2)s1)C(F)(F)F. The average Bonchev–Trinajstić information content (AvgIpc) is 3.50. The lowest BCUT2D eigenvalue weighted by Gasteiger charge is -2.41. The van der Waals surface area contributed by atoms with Gasteiger partial charge >= 0.3 is 12.1 Å². The molecule has 0 spiro atoms. The second-order valence-electron chi connectivity index (χ2n) is 10.2. The van der Waals surface area contributed by atoms with E-state index in [2.05, 4.69) is 15.0 Å². The molecule has 0 saturated carbocycles. The first-order valence-electron chi connectivity index (χ1n) is 13.1. The smallest absolute Gasteiger partial charge is 0.339 e. The summed E-state index contributed by atoms with van der Waals surface area (Å²) in [6.07, 6.45) is -2.71. The highest BCUT2D eigenvalue weighted by Crippen LogP contribution is 2.45. The van der Waals surface area contributed by atoms with E-state index in [0.29, 0.717) is 18.0 Å². The molecule has 2 aliphatic rings. The van der Waals surface area contributed by atoms with Crippen LogP contribution in [-0.2, 0) is 14.8 Å². The number of benzene rings is 2. The number of fused-ring (bicyclic) bond motifs is 2. The van der Waals surface area contributed by atoms with Crippen molar-refractivity contribution in [1.82, 2.24) is 19.9 Å². The van der Waals surface area contributed by atoms with Crippen molar-refractivity contribution in [3.63, 3.8) is 0 Å². The molecule has 2 fully saturated rings. The van der Waals surface area contributed by atoms with E-state index in [4.69, 9.17) is 11.6 Å². The quantitative estimate of drug-likeness (QED) is 0.199. The van der Waals surface area contributed by atoms with Gasteiger partial charge in [-0.1, -0.05) is 23.5 Å². The minimum atomic E-state index is -5.02. The number of halogens is 7. The number of carbonyl (C=O) groups excluding carboxylic acids is 1. The maximum atomic E-state index is 16.1. The van der Waals surface area contributed by atoms with Crippen LogP contribution in [0.3, 0.4) is 0 Å². The number of anilines is 2. The summed E-state index contributed by atoms with van der Waals surface area (Å²) in [5.41, 5.74) is -0.621. The molecule has 1 N–H and O–H groups in total. The number of sulfonamides is 1. The number of carbonyl (C=O) groups is 1. The van der Waals surface area contributed by atoms with Crippen LogP contribution in [0.1, 0.15) is 12.8 Å². The van der Waals surface area contributed by atoms with Crippen LogP contribution in [0.2, 0.25) is 5.28 Å². The Morgan fingerprint density at radius 1 is 0.978 bits per heavy atom. The fourth-order valence-corrected chi connectivity index (χ4v) is 8.07. The van der Waals surface area contributed by atoms with E-state index in [0.717, 1.165) is 40.5 Å². The standard InChI is InChI=1S/C27H19ClF6N6O3S2/c28-25-35-10-9-19(36-25)22-21(37-26(44-22)40-13-7-8-14(40)12-39(11-13)24(41)27(32,33)34)15-3-1-6-18(20(15)31)38-45(42,43)23-16(29)4-2-5-17(23)30/h1-6,9-10,13-14,38H,7-8,11-12H2. The predicted molar refractivity (Wildman–Crippen MR) is 153 cm³/mol. The zero-order valence-corrected chi connectivity index (χ0v) is 24.9. The number of likely N-dealkylation sites (tertiary alicyclic amines) is 1. The van der Waals surface area contributed by atoms with Crippen molar-refractivity contribution < 1.29 is 39.6 Å². The average molecular weight is 689 g/mol.